The summed E-state index contributed by atoms with van der Waals surface area (Å²) in [6.45, 7) is 3.40. The Bertz CT molecular complexity index is 428. The molecule has 0 spiro atoms. The first kappa shape index (κ1) is 12.1. The van der Waals surface area contributed by atoms with Crippen molar-refractivity contribution in [2.45, 2.75) is 13.3 Å². The van der Waals surface area contributed by atoms with Crippen LogP contribution in [0.25, 0.3) is 0 Å². The lowest BCUT2D eigenvalue weighted by atomic mass is 10.0. The van der Waals surface area contributed by atoms with Crippen LogP contribution in [0, 0.1) is 16.6 Å². The lowest BCUT2D eigenvalue weighted by Crippen LogP contribution is -2.15. The van der Waals surface area contributed by atoms with Gasteiger partial charge in [0.2, 0.25) is 0 Å². The summed E-state index contributed by atoms with van der Waals surface area (Å²) in [4.78, 5) is 0. The Morgan fingerprint density at radius 3 is 2.88 bits per heavy atom. The molecule has 0 saturated heterocycles. The molecule has 1 aromatic carbocycles. The number of ether oxygens (including phenoxy) is 2. The molecule has 3 nitrogen and oxygen atoms in total. The topological polar surface area (TPSA) is 42.2 Å². The minimum atomic E-state index is 0.488. The van der Waals surface area contributed by atoms with Crippen molar-refractivity contribution in [1.29, 1.82) is 5.26 Å². The fourth-order valence-electron chi connectivity index (χ4n) is 1.86. The van der Waals surface area contributed by atoms with Gasteiger partial charge in [0.25, 0.3) is 0 Å². The van der Waals surface area contributed by atoms with Crippen molar-refractivity contribution in [3.8, 4) is 16.9 Å². The molecule has 0 saturated carbocycles. The van der Waals surface area contributed by atoms with Gasteiger partial charge in [-0.15, -0.1) is 0 Å². The molecular weight excluding hydrogens is 234 g/mol. The number of rotatable bonds is 4. The minimum absolute atomic E-state index is 0.488. The third-order valence-electron chi connectivity index (χ3n) is 2.62. The van der Waals surface area contributed by atoms with Crippen molar-refractivity contribution in [3.63, 3.8) is 0 Å². The average Bonchev–Trinajstić information content (AvgIpc) is 2.36. The van der Waals surface area contributed by atoms with Crippen molar-refractivity contribution >= 4 is 11.8 Å². The van der Waals surface area contributed by atoms with E-state index in [0.717, 1.165) is 23.7 Å². The van der Waals surface area contributed by atoms with Gasteiger partial charge in [0.1, 0.15) is 18.6 Å². The highest BCUT2D eigenvalue weighted by atomic mass is 32.2. The number of nitrogens with zero attached hydrogens (tertiary/aromatic N) is 1. The van der Waals surface area contributed by atoms with Crippen molar-refractivity contribution in [3.05, 3.63) is 23.8 Å². The number of thiocyanates is 1. The van der Waals surface area contributed by atoms with Crippen LogP contribution in [-0.4, -0.2) is 19.0 Å². The van der Waals surface area contributed by atoms with E-state index in [2.05, 4.69) is 18.4 Å². The van der Waals surface area contributed by atoms with E-state index >= 15 is 0 Å². The first-order valence-electron chi connectivity index (χ1n) is 5.69. The molecule has 1 aliphatic heterocycles. The molecule has 1 aliphatic rings. The number of thioether (sulfide) groups is 1. The van der Waals surface area contributed by atoms with Gasteiger partial charge < -0.3 is 9.47 Å². The first-order chi connectivity index (χ1) is 8.29. The molecule has 2 rings (SSSR count). The van der Waals surface area contributed by atoms with Crippen LogP contribution >= 0.6 is 11.8 Å². The zero-order chi connectivity index (χ0) is 12.1. The highest BCUT2D eigenvalue weighted by molar-refractivity contribution is 8.03. The fourth-order valence-corrected chi connectivity index (χ4v) is 2.33. The second-order valence-electron chi connectivity index (χ2n) is 4.19. The zero-order valence-corrected chi connectivity index (χ0v) is 10.6. The van der Waals surface area contributed by atoms with E-state index in [1.807, 2.05) is 12.1 Å². The molecule has 0 aromatic heterocycles. The summed E-state index contributed by atoms with van der Waals surface area (Å²) in [7, 11) is 0. The van der Waals surface area contributed by atoms with Gasteiger partial charge in [-0.2, -0.15) is 5.26 Å². The summed E-state index contributed by atoms with van der Waals surface area (Å²) < 4.78 is 11.0. The molecule has 1 heterocycles. The van der Waals surface area contributed by atoms with E-state index in [0.29, 0.717) is 19.1 Å². The van der Waals surface area contributed by atoms with Gasteiger partial charge in [-0.1, -0.05) is 13.0 Å². The van der Waals surface area contributed by atoms with E-state index in [-0.39, 0.29) is 0 Å². The predicted octanol–water partition coefficient (Wildman–Crippen LogP) is 2.85. The van der Waals surface area contributed by atoms with Gasteiger partial charge in [0, 0.05) is 5.75 Å². The summed E-state index contributed by atoms with van der Waals surface area (Å²) in [6.07, 6.45) is 0.964. The Kier molecular flexibility index (Phi) is 4.16. The molecule has 0 radical (unpaired) electrons. The molecule has 90 valence electrons. The largest absolute Gasteiger partial charge is 0.486 e. The lowest BCUT2D eigenvalue weighted by molar-refractivity contribution is 0.171. The maximum atomic E-state index is 8.52. The second kappa shape index (κ2) is 5.83. The summed E-state index contributed by atoms with van der Waals surface area (Å²) in [5.74, 6) is 3.03. The van der Waals surface area contributed by atoms with Gasteiger partial charge in [-0.3, -0.25) is 0 Å². The Morgan fingerprint density at radius 2 is 2.12 bits per heavy atom. The first-order valence-corrected chi connectivity index (χ1v) is 6.67. The van der Waals surface area contributed by atoms with Gasteiger partial charge in [0.15, 0.2) is 11.5 Å². The SMILES string of the molecule is CC(CSC#N)Cc1ccc2c(c1)OCCO2. The van der Waals surface area contributed by atoms with Crippen LogP contribution in [0.4, 0.5) is 0 Å². The standard InChI is InChI=1S/C13H15NO2S/c1-10(8-17-9-14)6-11-2-3-12-13(7-11)16-5-4-15-12/h2-3,7,10H,4-6,8H2,1H3. The highest BCUT2D eigenvalue weighted by Crippen LogP contribution is 2.31. The normalized spacial score (nSPS) is 15.1. The second-order valence-corrected chi connectivity index (χ2v) is 4.99. The highest BCUT2D eigenvalue weighted by Gasteiger charge is 2.12. The molecule has 4 heteroatoms. The van der Waals surface area contributed by atoms with Gasteiger partial charge in [0.05, 0.1) is 0 Å². The average molecular weight is 249 g/mol. The van der Waals surface area contributed by atoms with E-state index in [4.69, 9.17) is 14.7 Å². The Labute approximate surface area is 106 Å². The maximum Gasteiger partial charge on any atom is 0.161 e. The molecule has 0 amide bonds. The third-order valence-corrected chi connectivity index (χ3v) is 3.49. The molecule has 0 N–H and O–H groups in total. The third kappa shape index (κ3) is 3.31. The molecule has 0 fully saturated rings. The Morgan fingerprint density at radius 1 is 1.35 bits per heavy atom. The van der Waals surface area contributed by atoms with Crippen molar-refractivity contribution in [1.82, 2.24) is 0 Å². The van der Waals surface area contributed by atoms with Crippen LogP contribution in [0.1, 0.15) is 12.5 Å². The molecule has 1 atom stereocenters. The van der Waals surface area contributed by atoms with E-state index in [1.165, 1.54) is 17.3 Å². The van der Waals surface area contributed by atoms with E-state index < -0.39 is 0 Å². The van der Waals surface area contributed by atoms with Gasteiger partial charge in [-0.05, 0) is 41.8 Å². The fraction of sp³-hybridized carbons (Fsp3) is 0.462. The van der Waals surface area contributed by atoms with Crippen LogP contribution in [0.5, 0.6) is 11.5 Å². The van der Waals surface area contributed by atoms with E-state index in [9.17, 15) is 0 Å². The van der Waals surface area contributed by atoms with E-state index in [1.54, 1.807) is 0 Å². The summed E-state index contributed by atoms with van der Waals surface area (Å²) in [5, 5.41) is 10.6. The minimum Gasteiger partial charge on any atom is -0.486 e. The van der Waals surface area contributed by atoms with Crippen molar-refractivity contribution in [2.75, 3.05) is 19.0 Å². The predicted molar refractivity (Wildman–Crippen MR) is 68.4 cm³/mol. The molecule has 0 bridgehead atoms. The maximum absolute atomic E-state index is 8.52. The monoisotopic (exact) mass is 249 g/mol. The Hall–Kier alpha value is -1.34. The quantitative estimate of drug-likeness (QED) is 0.769. The van der Waals surface area contributed by atoms with Crippen LogP contribution in [0.3, 0.4) is 0 Å². The Balaban J connectivity index is 2.00. The van der Waals surface area contributed by atoms with Crippen LogP contribution in [0.15, 0.2) is 18.2 Å². The van der Waals surface area contributed by atoms with Crippen LogP contribution < -0.4 is 9.47 Å². The van der Waals surface area contributed by atoms with Gasteiger partial charge in [-0.25, -0.2) is 0 Å². The summed E-state index contributed by atoms with van der Waals surface area (Å²) >= 11 is 1.31. The lowest BCUT2D eigenvalue weighted by Gasteiger charge is -2.19. The number of hydrogen-bond acceptors (Lipinski definition) is 4. The summed E-state index contributed by atoms with van der Waals surface area (Å²) in [5.41, 5.74) is 1.24. The molecule has 17 heavy (non-hydrogen) atoms. The number of hydrogen-bond donors (Lipinski definition) is 0. The van der Waals surface area contributed by atoms with Gasteiger partial charge >= 0.3 is 0 Å². The van der Waals surface area contributed by atoms with Crippen molar-refractivity contribution in [2.24, 2.45) is 5.92 Å². The molecule has 1 unspecified atom stereocenters. The number of fused-ring (bicyclic) bond motifs is 1. The summed E-state index contributed by atoms with van der Waals surface area (Å²) in [6, 6.07) is 6.08. The number of benzene rings is 1. The molecule has 1 aromatic rings. The number of nitriles is 1. The van der Waals surface area contributed by atoms with Crippen LogP contribution in [-0.2, 0) is 6.42 Å². The van der Waals surface area contributed by atoms with Crippen molar-refractivity contribution < 1.29 is 9.47 Å². The zero-order valence-electron chi connectivity index (χ0n) is 9.81. The molecule has 0 aliphatic carbocycles. The molecular formula is C13H15NO2S. The smallest absolute Gasteiger partial charge is 0.161 e. The van der Waals surface area contributed by atoms with Crippen LogP contribution in [0.2, 0.25) is 0 Å².